The van der Waals surface area contributed by atoms with Gasteiger partial charge in [0.25, 0.3) is 0 Å². The van der Waals surface area contributed by atoms with E-state index in [0.717, 1.165) is 13.2 Å². The predicted octanol–water partition coefficient (Wildman–Crippen LogP) is 0.503. The lowest BCUT2D eigenvalue weighted by Gasteiger charge is -2.13. The summed E-state index contributed by atoms with van der Waals surface area (Å²) in [6, 6.07) is 0. The van der Waals surface area contributed by atoms with Crippen molar-refractivity contribution in [2.45, 2.75) is 13.0 Å². The van der Waals surface area contributed by atoms with Gasteiger partial charge in [-0.25, -0.2) is 0 Å². The molecular weight excluding hydrogens is 130 g/mol. The first-order chi connectivity index (χ1) is 4.85. The van der Waals surface area contributed by atoms with Crippen molar-refractivity contribution < 1.29 is 10.9 Å². The van der Waals surface area contributed by atoms with E-state index in [1.807, 2.05) is 14.0 Å². The largest absolute Gasteiger partial charge is 0.379 e. The van der Waals surface area contributed by atoms with Gasteiger partial charge >= 0.3 is 0 Å². The van der Waals surface area contributed by atoms with Crippen LogP contribution in [0.5, 0.6) is 0 Å². The van der Waals surface area contributed by atoms with Crippen molar-refractivity contribution in [3.63, 3.8) is 0 Å². The number of methoxy groups -OCH3 is 1. The average Bonchev–Trinajstić information content (AvgIpc) is 1.98. The number of nitrogens with one attached hydrogen (secondary N) is 1. The summed E-state index contributed by atoms with van der Waals surface area (Å²) < 4.78 is 10.3. The SMILES string of the molecule is CCOCC(CNC)OC.[HH]. The van der Waals surface area contributed by atoms with Crippen LogP contribution in [0.3, 0.4) is 0 Å². The van der Waals surface area contributed by atoms with E-state index in [9.17, 15) is 0 Å². The van der Waals surface area contributed by atoms with E-state index in [2.05, 4.69) is 5.32 Å². The van der Waals surface area contributed by atoms with E-state index in [1.165, 1.54) is 0 Å². The van der Waals surface area contributed by atoms with Gasteiger partial charge in [-0.2, -0.15) is 0 Å². The summed E-state index contributed by atoms with van der Waals surface area (Å²) >= 11 is 0. The molecule has 64 valence electrons. The monoisotopic (exact) mass is 149 g/mol. The fourth-order valence-corrected chi connectivity index (χ4v) is 0.687. The number of rotatable bonds is 6. The lowest BCUT2D eigenvalue weighted by Crippen LogP contribution is -2.29. The van der Waals surface area contributed by atoms with E-state index >= 15 is 0 Å². The van der Waals surface area contributed by atoms with Crippen LogP contribution in [0, 0.1) is 0 Å². The zero-order valence-electron chi connectivity index (χ0n) is 7.02. The van der Waals surface area contributed by atoms with Gasteiger partial charge in [-0.1, -0.05) is 0 Å². The first-order valence-electron chi connectivity index (χ1n) is 3.60. The fourth-order valence-electron chi connectivity index (χ4n) is 0.687. The molecule has 10 heavy (non-hydrogen) atoms. The highest BCUT2D eigenvalue weighted by atomic mass is 16.5. The summed E-state index contributed by atoms with van der Waals surface area (Å²) in [5.74, 6) is 0. The van der Waals surface area contributed by atoms with Crippen LogP contribution < -0.4 is 5.32 Å². The first-order valence-corrected chi connectivity index (χ1v) is 3.60. The predicted molar refractivity (Wildman–Crippen MR) is 43.3 cm³/mol. The van der Waals surface area contributed by atoms with Crippen molar-refractivity contribution >= 4 is 0 Å². The summed E-state index contributed by atoms with van der Waals surface area (Å²) in [4.78, 5) is 0. The molecule has 0 aromatic carbocycles. The minimum absolute atomic E-state index is 0. The van der Waals surface area contributed by atoms with Crippen LogP contribution in [0.25, 0.3) is 0 Å². The normalized spacial score (nSPS) is 13.5. The number of likely N-dealkylation sites (N-methyl/N-ethyl adjacent to an activating group) is 1. The third-order valence-corrected chi connectivity index (χ3v) is 1.27. The summed E-state index contributed by atoms with van der Waals surface area (Å²) in [5, 5.41) is 3.02. The zero-order valence-corrected chi connectivity index (χ0v) is 7.02. The molecule has 0 saturated carbocycles. The van der Waals surface area contributed by atoms with Gasteiger partial charge in [0.2, 0.25) is 0 Å². The summed E-state index contributed by atoms with van der Waals surface area (Å²) in [7, 11) is 3.60. The molecule has 0 saturated heterocycles. The second-order valence-corrected chi connectivity index (χ2v) is 2.07. The van der Waals surface area contributed by atoms with Crippen molar-refractivity contribution in [2.24, 2.45) is 0 Å². The van der Waals surface area contributed by atoms with Gasteiger partial charge in [0, 0.05) is 21.7 Å². The fraction of sp³-hybridized carbons (Fsp3) is 1.00. The number of ether oxygens (including phenoxy) is 2. The highest BCUT2D eigenvalue weighted by Crippen LogP contribution is 1.88. The van der Waals surface area contributed by atoms with Crippen LogP contribution in [-0.2, 0) is 9.47 Å². The van der Waals surface area contributed by atoms with Gasteiger partial charge in [-0.3, -0.25) is 0 Å². The molecule has 1 N–H and O–H groups in total. The number of hydrogen-bond acceptors (Lipinski definition) is 3. The van der Waals surface area contributed by atoms with E-state index in [4.69, 9.17) is 9.47 Å². The minimum atomic E-state index is 0. The van der Waals surface area contributed by atoms with Gasteiger partial charge < -0.3 is 14.8 Å². The second kappa shape index (κ2) is 6.99. The Labute approximate surface area is 64.2 Å². The molecule has 1 unspecified atom stereocenters. The Morgan fingerprint density at radius 1 is 1.60 bits per heavy atom. The molecule has 0 fully saturated rings. The van der Waals surface area contributed by atoms with Crippen LogP contribution >= 0.6 is 0 Å². The standard InChI is InChI=1S/C7H17NO2.H2/c1-4-10-6-7(9-3)5-8-2;/h7-8H,4-6H2,1-3H3;1H. The van der Waals surface area contributed by atoms with Gasteiger partial charge in [-0.15, -0.1) is 0 Å². The molecule has 3 heteroatoms. The summed E-state index contributed by atoms with van der Waals surface area (Å²) in [5.41, 5.74) is 0. The molecule has 0 aliphatic heterocycles. The maximum Gasteiger partial charge on any atom is 0.0928 e. The first kappa shape index (κ1) is 9.88. The highest BCUT2D eigenvalue weighted by Gasteiger charge is 2.03. The smallest absolute Gasteiger partial charge is 0.0928 e. The Hall–Kier alpha value is -0.120. The molecule has 0 amide bonds. The van der Waals surface area contributed by atoms with Crippen molar-refractivity contribution in [1.29, 1.82) is 0 Å². The Morgan fingerprint density at radius 3 is 2.70 bits per heavy atom. The lowest BCUT2D eigenvalue weighted by molar-refractivity contribution is 0.0144. The Kier molecular flexibility index (Phi) is 6.91. The molecule has 0 aliphatic carbocycles. The molecule has 3 nitrogen and oxygen atoms in total. The lowest BCUT2D eigenvalue weighted by atomic mass is 10.4. The van der Waals surface area contributed by atoms with Crippen molar-refractivity contribution in [3.05, 3.63) is 0 Å². The van der Waals surface area contributed by atoms with Crippen molar-refractivity contribution in [3.8, 4) is 0 Å². The van der Waals surface area contributed by atoms with E-state index < -0.39 is 0 Å². The molecule has 0 aliphatic rings. The molecule has 0 aromatic rings. The second-order valence-electron chi connectivity index (χ2n) is 2.07. The molecule has 0 aromatic heterocycles. The van der Waals surface area contributed by atoms with Crippen LogP contribution in [0.4, 0.5) is 0 Å². The van der Waals surface area contributed by atoms with Gasteiger partial charge in [0.05, 0.1) is 12.7 Å². The quantitative estimate of drug-likeness (QED) is 0.596. The maximum absolute atomic E-state index is 5.17. The van der Waals surface area contributed by atoms with Gasteiger partial charge in [-0.05, 0) is 14.0 Å². The highest BCUT2D eigenvalue weighted by molar-refractivity contribution is 4.56. The molecule has 0 heterocycles. The zero-order chi connectivity index (χ0) is 7.82. The van der Waals surface area contributed by atoms with Crippen LogP contribution in [0.1, 0.15) is 8.35 Å². The van der Waals surface area contributed by atoms with Crippen LogP contribution in [0.15, 0.2) is 0 Å². The van der Waals surface area contributed by atoms with E-state index in [1.54, 1.807) is 7.11 Å². The molecule has 0 radical (unpaired) electrons. The molecule has 0 rings (SSSR count). The third kappa shape index (κ3) is 4.73. The Bertz CT molecular complexity index is 73.5. The molecule has 1 atom stereocenters. The molecule has 0 spiro atoms. The van der Waals surface area contributed by atoms with Gasteiger partial charge in [0.15, 0.2) is 0 Å². The molecule has 0 bridgehead atoms. The van der Waals surface area contributed by atoms with E-state index in [0.29, 0.717) is 6.61 Å². The molecular formula is C7H19NO2. The summed E-state index contributed by atoms with van der Waals surface area (Å²) in [6.07, 6.45) is 0.185. The van der Waals surface area contributed by atoms with E-state index in [-0.39, 0.29) is 7.53 Å². The number of hydrogen-bond donors (Lipinski definition) is 1. The Morgan fingerprint density at radius 2 is 2.30 bits per heavy atom. The summed E-state index contributed by atoms with van der Waals surface area (Å²) in [6.45, 7) is 4.25. The topological polar surface area (TPSA) is 30.5 Å². The van der Waals surface area contributed by atoms with Crippen LogP contribution in [-0.4, -0.2) is 40.0 Å². The maximum atomic E-state index is 5.17. The van der Waals surface area contributed by atoms with Crippen LogP contribution in [0.2, 0.25) is 0 Å². The minimum Gasteiger partial charge on any atom is -0.379 e. The average molecular weight is 149 g/mol. The third-order valence-electron chi connectivity index (χ3n) is 1.27. The van der Waals surface area contributed by atoms with Crippen molar-refractivity contribution in [2.75, 3.05) is 33.9 Å². The van der Waals surface area contributed by atoms with Gasteiger partial charge in [0.1, 0.15) is 0 Å². The Balaban J connectivity index is 0. The van der Waals surface area contributed by atoms with Crippen molar-refractivity contribution in [1.82, 2.24) is 5.32 Å².